The van der Waals surface area contributed by atoms with Crippen LogP contribution in [0.5, 0.6) is 0 Å². The molecule has 2 atom stereocenters. The van der Waals surface area contributed by atoms with Gasteiger partial charge in [-0.15, -0.1) is 0 Å². The maximum Gasteiger partial charge on any atom is 0.251 e. The maximum absolute atomic E-state index is 11.9. The zero-order chi connectivity index (χ0) is 12.8. The van der Waals surface area contributed by atoms with Crippen LogP contribution in [0.25, 0.3) is 0 Å². The molecule has 1 aromatic rings. The molecule has 92 valence electrons. The Kier molecular flexibility index (Phi) is 4.69. The Morgan fingerprint density at radius 3 is 2.35 bits per heavy atom. The standard InChI is InChI=1S/C13H18N2O2/c1-3-9(2)11(12(14)16)15-13(17)10-7-5-4-6-8-10/h4-9,11H,3H2,1-2H3,(H2,14,16)(H,15,17)/t9-,11-/m1/s1. The Balaban J connectivity index is 2.75. The Morgan fingerprint density at radius 2 is 1.88 bits per heavy atom. The summed E-state index contributed by atoms with van der Waals surface area (Å²) in [5.74, 6) is -0.738. The van der Waals surface area contributed by atoms with Crippen LogP contribution in [0.3, 0.4) is 0 Å². The van der Waals surface area contributed by atoms with E-state index in [1.165, 1.54) is 0 Å². The van der Waals surface area contributed by atoms with Gasteiger partial charge in [-0.1, -0.05) is 38.5 Å². The lowest BCUT2D eigenvalue weighted by molar-refractivity contribution is -0.120. The quantitative estimate of drug-likeness (QED) is 0.806. The molecule has 0 aromatic heterocycles. The van der Waals surface area contributed by atoms with Crippen molar-refractivity contribution in [2.24, 2.45) is 11.7 Å². The molecule has 1 rings (SSSR count). The SMILES string of the molecule is CC[C@@H](C)[C@@H](NC(=O)c1ccccc1)C(N)=O. The third-order valence-electron chi connectivity index (χ3n) is 2.84. The van der Waals surface area contributed by atoms with Gasteiger partial charge in [0, 0.05) is 5.56 Å². The van der Waals surface area contributed by atoms with Gasteiger partial charge in [-0.3, -0.25) is 9.59 Å². The maximum atomic E-state index is 11.9. The van der Waals surface area contributed by atoms with Crippen molar-refractivity contribution in [1.82, 2.24) is 5.32 Å². The Hall–Kier alpha value is -1.84. The van der Waals surface area contributed by atoms with Crippen LogP contribution in [0.15, 0.2) is 30.3 Å². The van der Waals surface area contributed by atoms with Crippen LogP contribution in [0, 0.1) is 5.92 Å². The number of nitrogens with one attached hydrogen (secondary N) is 1. The van der Waals surface area contributed by atoms with Crippen LogP contribution < -0.4 is 11.1 Å². The van der Waals surface area contributed by atoms with Crippen LogP contribution in [0.4, 0.5) is 0 Å². The molecule has 0 aliphatic heterocycles. The van der Waals surface area contributed by atoms with Crippen molar-refractivity contribution >= 4 is 11.8 Å². The predicted molar refractivity (Wildman–Crippen MR) is 66.3 cm³/mol. The van der Waals surface area contributed by atoms with Gasteiger partial charge >= 0.3 is 0 Å². The fourth-order valence-corrected chi connectivity index (χ4v) is 1.54. The van der Waals surface area contributed by atoms with Gasteiger partial charge in [0.2, 0.25) is 5.91 Å². The molecule has 0 radical (unpaired) electrons. The second-order valence-corrected chi connectivity index (χ2v) is 4.11. The van der Waals surface area contributed by atoms with E-state index in [4.69, 9.17) is 5.73 Å². The minimum atomic E-state index is -0.618. The van der Waals surface area contributed by atoms with Crippen LogP contribution in [-0.2, 0) is 4.79 Å². The first-order chi connectivity index (χ1) is 8.06. The molecule has 0 aliphatic rings. The smallest absolute Gasteiger partial charge is 0.251 e. The third-order valence-corrected chi connectivity index (χ3v) is 2.84. The zero-order valence-corrected chi connectivity index (χ0v) is 10.1. The molecule has 4 heteroatoms. The Labute approximate surface area is 101 Å². The van der Waals surface area contributed by atoms with Gasteiger partial charge in [-0.25, -0.2) is 0 Å². The third kappa shape index (κ3) is 3.59. The number of amides is 2. The average molecular weight is 234 g/mol. The summed E-state index contributed by atoms with van der Waals surface area (Å²) >= 11 is 0. The molecule has 4 nitrogen and oxygen atoms in total. The number of hydrogen-bond donors (Lipinski definition) is 2. The molecule has 3 N–H and O–H groups in total. The summed E-state index contributed by atoms with van der Waals surface area (Å²) in [4.78, 5) is 23.1. The first-order valence-corrected chi connectivity index (χ1v) is 5.71. The van der Waals surface area contributed by atoms with Gasteiger partial charge < -0.3 is 11.1 Å². The van der Waals surface area contributed by atoms with Gasteiger partial charge in [0.15, 0.2) is 0 Å². The molecule has 0 heterocycles. The fraction of sp³-hybridized carbons (Fsp3) is 0.385. The number of primary amides is 1. The average Bonchev–Trinajstić information content (AvgIpc) is 2.35. The van der Waals surface area contributed by atoms with E-state index in [1.807, 2.05) is 19.9 Å². The molecule has 1 aromatic carbocycles. The minimum absolute atomic E-state index is 0.0279. The van der Waals surface area contributed by atoms with Gasteiger partial charge in [0.05, 0.1) is 0 Å². The Morgan fingerprint density at radius 1 is 1.29 bits per heavy atom. The summed E-state index contributed by atoms with van der Waals surface area (Å²) in [6.45, 7) is 3.84. The fourth-order valence-electron chi connectivity index (χ4n) is 1.54. The molecule has 0 saturated heterocycles. The highest BCUT2D eigenvalue weighted by atomic mass is 16.2. The van der Waals surface area contributed by atoms with E-state index in [-0.39, 0.29) is 11.8 Å². The van der Waals surface area contributed by atoms with Gasteiger partial charge in [0.1, 0.15) is 6.04 Å². The van der Waals surface area contributed by atoms with E-state index in [1.54, 1.807) is 24.3 Å². The highest BCUT2D eigenvalue weighted by Gasteiger charge is 2.23. The molecule has 17 heavy (non-hydrogen) atoms. The molecule has 0 fully saturated rings. The topological polar surface area (TPSA) is 72.2 Å². The molecule has 0 aliphatic carbocycles. The number of carbonyl (C=O) groups is 2. The van der Waals surface area contributed by atoms with Crippen LogP contribution in [-0.4, -0.2) is 17.9 Å². The van der Waals surface area contributed by atoms with Gasteiger partial charge in [-0.05, 0) is 18.1 Å². The Bertz CT molecular complexity index is 390. The molecule has 0 spiro atoms. The van der Waals surface area contributed by atoms with Crippen molar-refractivity contribution in [1.29, 1.82) is 0 Å². The molecule has 0 unspecified atom stereocenters. The monoisotopic (exact) mass is 234 g/mol. The summed E-state index contributed by atoms with van der Waals surface area (Å²) in [6.07, 6.45) is 0.780. The summed E-state index contributed by atoms with van der Waals surface area (Å²) in [6, 6.07) is 8.16. The highest BCUT2D eigenvalue weighted by molar-refractivity contribution is 5.97. The lowest BCUT2D eigenvalue weighted by Gasteiger charge is -2.21. The van der Waals surface area contributed by atoms with Crippen molar-refractivity contribution in [3.8, 4) is 0 Å². The van der Waals surface area contributed by atoms with Crippen molar-refractivity contribution in [3.05, 3.63) is 35.9 Å². The number of rotatable bonds is 5. The van der Waals surface area contributed by atoms with Crippen molar-refractivity contribution in [3.63, 3.8) is 0 Å². The first-order valence-electron chi connectivity index (χ1n) is 5.71. The second kappa shape index (κ2) is 6.03. The number of nitrogens with two attached hydrogens (primary N) is 1. The van der Waals surface area contributed by atoms with Crippen LogP contribution >= 0.6 is 0 Å². The van der Waals surface area contributed by atoms with Gasteiger partial charge in [0.25, 0.3) is 5.91 Å². The largest absolute Gasteiger partial charge is 0.368 e. The minimum Gasteiger partial charge on any atom is -0.368 e. The predicted octanol–water partition coefficient (Wildman–Crippen LogP) is 1.32. The zero-order valence-electron chi connectivity index (χ0n) is 10.1. The molecule has 0 saturated carbocycles. The lowest BCUT2D eigenvalue weighted by Crippen LogP contribution is -2.48. The number of carbonyl (C=O) groups excluding carboxylic acids is 2. The van der Waals surface area contributed by atoms with Crippen molar-refractivity contribution in [2.75, 3.05) is 0 Å². The highest BCUT2D eigenvalue weighted by Crippen LogP contribution is 2.08. The normalized spacial score (nSPS) is 13.8. The number of benzene rings is 1. The number of hydrogen-bond acceptors (Lipinski definition) is 2. The summed E-state index contributed by atoms with van der Waals surface area (Å²) in [5.41, 5.74) is 5.82. The molecule has 0 bridgehead atoms. The van der Waals surface area contributed by atoms with E-state index in [0.29, 0.717) is 5.56 Å². The summed E-state index contributed by atoms with van der Waals surface area (Å²) in [7, 11) is 0. The van der Waals surface area contributed by atoms with E-state index in [0.717, 1.165) is 6.42 Å². The molecule has 2 amide bonds. The van der Waals surface area contributed by atoms with E-state index in [2.05, 4.69) is 5.32 Å². The summed E-state index contributed by atoms with van der Waals surface area (Å²) < 4.78 is 0. The molecular formula is C13H18N2O2. The van der Waals surface area contributed by atoms with E-state index in [9.17, 15) is 9.59 Å². The van der Waals surface area contributed by atoms with Crippen LogP contribution in [0.1, 0.15) is 30.6 Å². The first kappa shape index (κ1) is 13.2. The van der Waals surface area contributed by atoms with Crippen molar-refractivity contribution in [2.45, 2.75) is 26.3 Å². The van der Waals surface area contributed by atoms with Gasteiger partial charge in [-0.2, -0.15) is 0 Å². The van der Waals surface area contributed by atoms with Crippen LogP contribution in [0.2, 0.25) is 0 Å². The second-order valence-electron chi connectivity index (χ2n) is 4.11. The summed E-state index contributed by atoms with van der Waals surface area (Å²) in [5, 5.41) is 2.67. The lowest BCUT2D eigenvalue weighted by atomic mass is 9.98. The van der Waals surface area contributed by atoms with Crippen molar-refractivity contribution < 1.29 is 9.59 Å². The molecular weight excluding hydrogens is 216 g/mol. The van der Waals surface area contributed by atoms with E-state index < -0.39 is 11.9 Å². The van der Waals surface area contributed by atoms with E-state index >= 15 is 0 Å².